The largest absolute Gasteiger partial charge is 0.459 e. The van der Waals surface area contributed by atoms with Crippen molar-refractivity contribution in [2.75, 3.05) is 13.7 Å². The molecule has 0 aliphatic rings. The number of hydrogen-bond donors (Lipinski definition) is 2. The molecular weight excluding hydrogens is 247 g/mol. The topological polar surface area (TPSA) is 60.4 Å². The molecule has 4 nitrogen and oxygen atoms in total. The zero-order chi connectivity index (χ0) is 13.8. The van der Waals surface area contributed by atoms with Crippen molar-refractivity contribution in [3.8, 4) is 0 Å². The first-order valence-corrected chi connectivity index (χ1v) is 6.28. The lowest BCUT2D eigenvalue weighted by Gasteiger charge is -2.17. The number of fused-ring (bicyclic) bond motifs is 1. The molecule has 5 heteroatoms. The summed E-state index contributed by atoms with van der Waals surface area (Å²) in [6.45, 7) is 2.74. The molecule has 3 N–H and O–H groups in total. The number of furan rings is 1. The van der Waals surface area contributed by atoms with E-state index in [1.807, 2.05) is 6.07 Å². The molecule has 2 atom stereocenters. The highest BCUT2D eigenvalue weighted by molar-refractivity contribution is 5.78. The summed E-state index contributed by atoms with van der Waals surface area (Å²) in [5.74, 6) is 6.36. The van der Waals surface area contributed by atoms with Crippen molar-refractivity contribution in [3.63, 3.8) is 0 Å². The van der Waals surface area contributed by atoms with E-state index in [2.05, 4.69) is 12.3 Å². The van der Waals surface area contributed by atoms with E-state index in [4.69, 9.17) is 15.0 Å². The summed E-state index contributed by atoms with van der Waals surface area (Å²) >= 11 is 0. The van der Waals surface area contributed by atoms with Crippen LogP contribution in [0.4, 0.5) is 4.39 Å². The van der Waals surface area contributed by atoms with Crippen molar-refractivity contribution in [2.24, 2.45) is 11.8 Å². The summed E-state index contributed by atoms with van der Waals surface area (Å²) in [5.41, 5.74) is 3.40. The van der Waals surface area contributed by atoms with Gasteiger partial charge in [-0.05, 0) is 36.6 Å². The summed E-state index contributed by atoms with van der Waals surface area (Å²) < 4.78 is 24.0. The van der Waals surface area contributed by atoms with Gasteiger partial charge in [-0.25, -0.2) is 9.82 Å². The summed E-state index contributed by atoms with van der Waals surface area (Å²) in [5, 5.41) is 0.745. The molecule has 1 aromatic heterocycles. The average molecular weight is 266 g/mol. The summed E-state index contributed by atoms with van der Waals surface area (Å²) in [7, 11) is 1.67. The second-order valence-electron chi connectivity index (χ2n) is 4.85. The van der Waals surface area contributed by atoms with Gasteiger partial charge in [0, 0.05) is 19.1 Å². The minimum Gasteiger partial charge on any atom is -0.459 e. The molecule has 0 fully saturated rings. The van der Waals surface area contributed by atoms with Gasteiger partial charge in [-0.1, -0.05) is 6.92 Å². The van der Waals surface area contributed by atoms with Gasteiger partial charge in [-0.15, -0.1) is 0 Å². The van der Waals surface area contributed by atoms with E-state index in [9.17, 15) is 4.39 Å². The van der Waals surface area contributed by atoms with Crippen LogP contribution in [-0.4, -0.2) is 13.7 Å². The first kappa shape index (κ1) is 14.0. The molecule has 0 radical (unpaired) electrons. The summed E-state index contributed by atoms with van der Waals surface area (Å²) in [6, 6.07) is 6.17. The summed E-state index contributed by atoms with van der Waals surface area (Å²) in [4.78, 5) is 0. The van der Waals surface area contributed by atoms with Gasteiger partial charge in [-0.2, -0.15) is 0 Å². The van der Waals surface area contributed by atoms with Crippen LogP contribution in [0.15, 0.2) is 28.7 Å². The minimum absolute atomic E-state index is 0.111. The maximum absolute atomic E-state index is 13.1. The zero-order valence-electron chi connectivity index (χ0n) is 11.2. The van der Waals surface area contributed by atoms with Crippen molar-refractivity contribution in [3.05, 3.63) is 35.8 Å². The predicted octanol–water partition coefficient (Wildman–Crippen LogP) is 2.75. The molecule has 1 aromatic carbocycles. The standard InChI is InChI=1S/C14H19FN2O2/c1-9(8-18-2)5-12(17-16)14-7-10-6-11(15)3-4-13(10)19-14/h3-4,6-7,9,12,17H,5,8,16H2,1-2H3. The Morgan fingerprint density at radius 2 is 2.21 bits per heavy atom. The molecule has 0 amide bonds. The SMILES string of the molecule is COCC(C)CC(NN)c1cc2cc(F)ccc2o1. The quantitative estimate of drug-likeness (QED) is 0.623. The number of hydrazine groups is 1. The zero-order valence-corrected chi connectivity index (χ0v) is 11.2. The van der Waals surface area contributed by atoms with Crippen LogP contribution in [0.3, 0.4) is 0 Å². The van der Waals surface area contributed by atoms with Crippen molar-refractivity contribution in [1.29, 1.82) is 0 Å². The minimum atomic E-state index is -0.273. The van der Waals surface area contributed by atoms with Gasteiger partial charge >= 0.3 is 0 Å². The third-order valence-electron chi connectivity index (χ3n) is 3.13. The lowest BCUT2D eigenvalue weighted by molar-refractivity contribution is 0.147. The van der Waals surface area contributed by atoms with Crippen LogP contribution in [0, 0.1) is 11.7 Å². The normalized spacial score (nSPS) is 14.7. The lowest BCUT2D eigenvalue weighted by atomic mass is 10.0. The average Bonchev–Trinajstić information content (AvgIpc) is 2.78. The van der Waals surface area contributed by atoms with Gasteiger partial charge in [-0.3, -0.25) is 5.84 Å². The van der Waals surface area contributed by atoms with Crippen molar-refractivity contribution < 1.29 is 13.5 Å². The monoisotopic (exact) mass is 266 g/mol. The highest BCUT2D eigenvalue weighted by atomic mass is 19.1. The predicted molar refractivity (Wildman–Crippen MR) is 71.9 cm³/mol. The molecule has 0 saturated carbocycles. The van der Waals surface area contributed by atoms with Gasteiger partial charge in [0.25, 0.3) is 0 Å². The van der Waals surface area contributed by atoms with Gasteiger partial charge < -0.3 is 9.15 Å². The first-order valence-electron chi connectivity index (χ1n) is 6.28. The van der Waals surface area contributed by atoms with Crippen molar-refractivity contribution in [2.45, 2.75) is 19.4 Å². The smallest absolute Gasteiger partial charge is 0.134 e. The van der Waals surface area contributed by atoms with E-state index < -0.39 is 0 Å². The Morgan fingerprint density at radius 3 is 2.89 bits per heavy atom. The molecule has 104 valence electrons. The molecular formula is C14H19FN2O2. The number of rotatable bonds is 6. The number of benzene rings is 1. The van der Waals surface area contributed by atoms with Crippen LogP contribution >= 0.6 is 0 Å². The molecule has 0 aliphatic heterocycles. The molecule has 0 spiro atoms. The molecule has 2 aromatic rings. The number of nitrogens with two attached hydrogens (primary N) is 1. The fraction of sp³-hybridized carbons (Fsp3) is 0.429. The van der Waals surface area contributed by atoms with E-state index in [1.165, 1.54) is 12.1 Å². The Balaban J connectivity index is 2.20. The van der Waals surface area contributed by atoms with Crippen LogP contribution < -0.4 is 11.3 Å². The fourth-order valence-electron chi connectivity index (χ4n) is 2.23. The number of methoxy groups -OCH3 is 1. The second-order valence-corrected chi connectivity index (χ2v) is 4.85. The molecule has 0 bridgehead atoms. The van der Waals surface area contributed by atoms with Crippen LogP contribution in [0.5, 0.6) is 0 Å². The Kier molecular flexibility index (Phi) is 4.52. The number of halogens is 1. The second kappa shape index (κ2) is 6.14. The maximum atomic E-state index is 13.1. The Labute approximate surface area is 111 Å². The molecule has 2 rings (SSSR count). The van der Waals surface area contributed by atoms with Crippen LogP contribution in [0.2, 0.25) is 0 Å². The Bertz CT molecular complexity index is 541. The van der Waals surface area contributed by atoms with Gasteiger partial charge in [0.1, 0.15) is 17.2 Å². The van der Waals surface area contributed by atoms with Crippen molar-refractivity contribution >= 4 is 11.0 Å². The third kappa shape index (κ3) is 3.32. The van der Waals surface area contributed by atoms with E-state index >= 15 is 0 Å². The Morgan fingerprint density at radius 1 is 1.42 bits per heavy atom. The summed E-state index contributed by atoms with van der Waals surface area (Å²) in [6.07, 6.45) is 0.784. The van der Waals surface area contributed by atoms with Crippen LogP contribution in [-0.2, 0) is 4.74 Å². The third-order valence-corrected chi connectivity index (χ3v) is 3.13. The van der Waals surface area contributed by atoms with Crippen LogP contribution in [0.25, 0.3) is 11.0 Å². The van der Waals surface area contributed by atoms with E-state index in [0.29, 0.717) is 23.9 Å². The molecule has 0 aliphatic carbocycles. The molecule has 1 heterocycles. The highest BCUT2D eigenvalue weighted by Gasteiger charge is 2.18. The number of hydrogen-bond acceptors (Lipinski definition) is 4. The van der Waals surface area contributed by atoms with Crippen LogP contribution in [0.1, 0.15) is 25.1 Å². The van der Waals surface area contributed by atoms with E-state index in [1.54, 1.807) is 13.2 Å². The van der Waals surface area contributed by atoms with E-state index in [0.717, 1.165) is 11.8 Å². The molecule has 0 saturated heterocycles. The van der Waals surface area contributed by atoms with Gasteiger partial charge in [0.05, 0.1) is 6.04 Å². The van der Waals surface area contributed by atoms with Gasteiger partial charge in [0.2, 0.25) is 0 Å². The maximum Gasteiger partial charge on any atom is 0.134 e. The fourth-order valence-corrected chi connectivity index (χ4v) is 2.23. The lowest BCUT2D eigenvalue weighted by Crippen LogP contribution is -2.29. The van der Waals surface area contributed by atoms with Gasteiger partial charge in [0.15, 0.2) is 0 Å². The first-order chi connectivity index (χ1) is 9.13. The molecule has 19 heavy (non-hydrogen) atoms. The number of nitrogens with one attached hydrogen (secondary N) is 1. The highest BCUT2D eigenvalue weighted by Crippen LogP contribution is 2.27. The molecule has 2 unspecified atom stereocenters. The van der Waals surface area contributed by atoms with Crippen molar-refractivity contribution in [1.82, 2.24) is 5.43 Å². The van der Waals surface area contributed by atoms with E-state index in [-0.39, 0.29) is 11.9 Å². The number of ether oxygens (including phenoxy) is 1. The Hall–Kier alpha value is -1.43.